The Kier molecular flexibility index (Phi) is 6.22. The highest BCUT2D eigenvalue weighted by atomic mass is 79.9. The molecule has 0 unspecified atom stereocenters. The fraction of sp³-hybridized carbons (Fsp3) is 0.409. The minimum Gasteiger partial charge on any atom is -0.459 e. The maximum Gasteiger partial charge on any atom is 0.328 e. The number of hydrogen-bond donors (Lipinski definition) is 0. The quantitative estimate of drug-likeness (QED) is 0.588. The summed E-state index contributed by atoms with van der Waals surface area (Å²) in [5.74, 6) is -0.703. The number of benzene rings is 2. The third-order valence-corrected chi connectivity index (χ3v) is 7.95. The lowest BCUT2D eigenvalue weighted by atomic mass is 9.99. The van der Waals surface area contributed by atoms with Crippen molar-refractivity contribution in [2.45, 2.75) is 48.9 Å². The minimum absolute atomic E-state index is 0.0821. The lowest BCUT2D eigenvalue weighted by molar-refractivity contribution is -0.160. The molecule has 0 radical (unpaired) electrons. The fourth-order valence-corrected chi connectivity index (χ4v) is 5.52. The summed E-state index contributed by atoms with van der Waals surface area (Å²) in [5.41, 5.74) is 1.10. The Morgan fingerprint density at radius 2 is 1.45 bits per heavy atom. The van der Waals surface area contributed by atoms with Gasteiger partial charge in [0.2, 0.25) is 0 Å². The first kappa shape index (κ1) is 22.0. The molecule has 1 saturated heterocycles. The molecule has 7 heteroatoms. The Balaban J connectivity index is 1.98. The van der Waals surface area contributed by atoms with Crippen molar-refractivity contribution in [1.29, 1.82) is 0 Å². The van der Waals surface area contributed by atoms with E-state index >= 15 is 0 Å². The second kappa shape index (κ2) is 8.20. The van der Waals surface area contributed by atoms with Crippen molar-refractivity contribution in [3.05, 3.63) is 53.0 Å². The van der Waals surface area contributed by atoms with Gasteiger partial charge in [-0.05, 0) is 56.2 Å². The number of carbonyl (C=O) groups excluding carboxylic acids is 1. The molecular formula is C22H25BrO5S. The van der Waals surface area contributed by atoms with Gasteiger partial charge >= 0.3 is 5.97 Å². The van der Waals surface area contributed by atoms with Gasteiger partial charge in [-0.2, -0.15) is 0 Å². The van der Waals surface area contributed by atoms with Crippen LogP contribution in [0.3, 0.4) is 0 Å². The normalized spacial score (nSPS) is 17.0. The van der Waals surface area contributed by atoms with Crippen LogP contribution < -0.4 is 0 Å². The van der Waals surface area contributed by atoms with Crippen LogP contribution in [0.15, 0.2) is 57.9 Å². The Hall–Kier alpha value is -1.70. The van der Waals surface area contributed by atoms with E-state index in [2.05, 4.69) is 15.9 Å². The summed E-state index contributed by atoms with van der Waals surface area (Å²) in [6.07, 6.45) is 0.164. The Morgan fingerprint density at radius 1 is 0.966 bits per heavy atom. The van der Waals surface area contributed by atoms with E-state index in [1.54, 1.807) is 45.0 Å². The third kappa shape index (κ3) is 4.57. The highest BCUT2D eigenvalue weighted by Gasteiger charge is 2.54. The zero-order chi connectivity index (χ0) is 21.3. The van der Waals surface area contributed by atoms with E-state index in [0.717, 1.165) is 15.6 Å². The Morgan fingerprint density at radius 3 is 1.93 bits per heavy atom. The summed E-state index contributed by atoms with van der Waals surface area (Å²) >= 11 is 3.41. The highest BCUT2D eigenvalue weighted by molar-refractivity contribution is 9.10. The van der Waals surface area contributed by atoms with Gasteiger partial charge in [-0.25, -0.2) is 8.42 Å². The lowest BCUT2D eigenvalue weighted by Gasteiger charge is -2.36. The van der Waals surface area contributed by atoms with Crippen molar-refractivity contribution in [3.8, 4) is 11.1 Å². The van der Waals surface area contributed by atoms with Gasteiger partial charge in [0.15, 0.2) is 14.6 Å². The topological polar surface area (TPSA) is 69.7 Å². The standard InChI is InChI=1S/C22H25BrO5S/c1-21(2,3)28-20(24)22(12-14-27-15-13-22)29(25,26)19-10-6-17(7-11-19)16-4-8-18(23)9-5-16/h4-11H,12-15H2,1-3H3. The van der Waals surface area contributed by atoms with E-state index in [1.807, 2.05) is 24.3 Å². The van der Waals surface area contributed by atoms with Crippen LogP contribution in [0.1, 0.15) is 33.6 Å². The molecule has 0 atom stereocenters. The van der Waals surface area contributed by atoms with Crippen LogP contribution in [-0.2, 0) is 24.1 Å². The SMILES string of the molecule is CC(C)(C)OC(=O)C1(S(=O)(=O)c2ccc(-c3ccc(Br)cc3)cc2)CCOCC1. The van der Waals surface area contributed by atoms with E-state index in [-0.39, 0.29) is 31.0 Å². The molecule has 2 aromatic carbocycles. The average Bonchev–Trinajstić information content (AvgIpc) is 2.68. The van der Waals surface area contributed by atoms with Gasteiger partial charge < -0.3 is 9.47 Å². The number of ether oxygens (including phenoxy) is 2. The number of halogens is 1. The van der Waals surface area contributed by atoms with Gasteiger partial charge in [-0.15, -0.1) is 0 Å². The monoisotopic (exact) mass is 480 g/mol. The van der Waals surface area contributed by atoms with Gasteiger partial charge in [0.1, 0.15) is 5.60 Å². The summed E-state index contributed by atoms with van der Waals surface area (Å²) in [7, 11) is -3.96. The number of hydrogen-bond acceptors (Lipinski definition) is 5. The van der Waals surface area contributed by atoms with Crippen molar-refractivity contribution >= 4 is 31.7 Å². The number of carbonyl (C=O) groups is 1. The Labute approximate surface area is 180 Å². The first-order valence-electron chi connectivity index (χ1n) is 9.47. The van der Waals surface area contributed by atoms with Crippen LogP contribution >= 0.6 is 15.9 Å². The van der Waals surface area contributed by atoms with E-state index in [1.165, 1.54) is 0 Å². The van der Waals surface area contributed by atoms with E-state index in [4.69, 9.17) is 9.47 Å². The molecule has 0 bridgehead atoms. The zero-order valence-corrected chi connectivity index (χ0v) is 19.2. The van der Waals surface area contributed by atoms with Crippen LogP contribution in [0.4, 0.5) is 0 Å². The van der Waals surface area contributed by atoms with Gasteiger partial charge in [0.25, 0.3) is 0 Å². The zero-order valence-electron chi connectivity index (χ0n) is 16.8. The van der Waals surface area contributed by atoms with E-state index in [0.29, 0.717) is 0 Å². The van der Waals surface area contributed by atoms with Gasteiger partial charge in [-0.1, -0.05) is 40.2 Å². The summed E-state index contributed by atoms with van der Waals surface area (Å²) in [6.45, 7) is 5.61. The van der Waals surface area contributed by atoms with E-state index < -0.39 is 26.2 Å². The van der Waals surface area contributed by atoms with Crippen molar-refractivity contribution in [1.82, 2.24) is 0 Å². The molecule has 5 nitrogen and oxygen atoms in total. The Bertz CT molecular complexity index is 967. The summed E-state index contributed by atoms with van der Waals surface area (Å²) in [4.78, 5) is 13.1. The average molecular weight is 481 g/mol. The molecule has 1 heterocycles. The van der Waals surface area contributed by atoms with E-state index in [9.17, 15) is 13.2 Å². The molecule has 1 aliphatic rings. The maximum absolute atomic E-state index is 13.6. The summed E-state index contributed by atoms with van der Waals surface area (Å²) in [5, 5.41) is 0. The molecule has 1 aliphatic heterocycles. The molecular weight excluding hydrogens is 456 g/mol. The molecule has 29 heavy (non-hydrogen) atoms. The predicted molar refractivity (Wildman–Crippen MR) is 115 cm³/mol. The highest BCUT2D eigenvalue weighted by Crippen LogP contribution is 2.38. The molecule has 1 fully saturated rings. The first-order chi connectivity index (χ1) is 13.6. The largest absolute Gasteiger partial charge is 0.459 e. The minimum atomic E-state index is -3.96. The molecule has 0 N–H and O–H groups in total. The second-order valence-electron chi connectivity index (χ2n) is 8.14. The molecule has 2 aromatic rings. The molecule has 156 valence electrons. The molecule has 0 aliphatic carbocycles. The van der Waals surface area contributed by atoms with Crippen LogP contribution in [0.2, 0.25) is 0 Å². The molecule has 0 saturated carbocycles. The van der Waals surface area contributed by atoms with Gasteiger partial charge in [0.05, 0.1) is 4.90 Å². The number of esters is 1. The smallest absolute Gasteiger partial charge is 0.328 e. The molecule has 3 rings (SSSR count). The number of rotatable bonds is 4. The van der Waals surface area contributed by atoms with Gasteiger partial charge in [0, 0.05) is 30.5 Å². The fourth-order valence-electron chi connectivity index (χ4n) is 3.35. The second-order valence-corrected chi connectivity index (χ2v) is 11.3. The molecule has 0 spiro atoms. The van der Waals surface area contributed by atoms with Gasteiger partial charge in [-0.3, -0.25) is 4.79 Å². The van der Waals surface area contributed by atoms with Crippen LogP contribution in [0, 0.1) is 0 Å². The van der Waals surface area contributed by atoms with Crippen molar-refractivity contribution in [2.24, 2.45) is 0 Å². The maximum atomic E-state index is 13.6. The summed E-state index contributed by atoms with van der Waals surface area (Å²) in [6, 6.07) is 14.4. The van der Waals surface area contributed by atoms with Crippen molar-refractivity contribution in [3.63, 3.8) is 0 Å². The number of sulfone groups is 1. The predicted octanol–water partition coefficient (Wildman–Crippen LogP) is 4.78. The molecule has 0 amide bonds. The van der Waals surface area contributed by atoms with Crippen LogP contribution in [0.25, 0.3) is 11.1 Å². The first-order valence-corrected chi connectivity index (χ1v) is 11.7. The lowest BCUT2D eigenvalue weighted by Crippen LogP contribution is -2.53. The molecule has 0 aromatic heterocycles. The van der Waals surface area contributed by atoms with Crippen molar-refractivity contribution < 1.29 is 22.7 Å². The third-order valence-electron chi connectivity index (χ3n) is 4.93. The van der Waals surface area contributed by atoms with Crippen LogP contribution in [0.5, 0.6) is 0 Å². The van der Waals surface area contributed by atoms with Crippen LogP contribution in [-0.4, -0.2) is 37.9 Å². The summed E-state index contributed by atoms with van der Waals surface area (Å²) < 4.78 is 37.3. The van der Waals surface area contributed by atoms with Crippen molar-refractivity contribution in [2.75, 3.05) is 13.2 Å².